The Morgan fingerprint density at radius 1 is 1.33 bits per heavy atom. The van der Waals surface area contributed by atoms with Gasteiger partial charge in [-0.25, -0.2) is 10.4 Å². The summed E-state index contributed by atoms with van der Waals surface area (Å²) in [5, 5.41) is 34.3. The van der Waals surface area contributed by atoms with Gasteiger partial charge in [0.15, 0.2) is 17.4 Å². The van der Waals surface area contributed by atoms with Crippen LogP contribution < -0.4 is 21.5 Å². The Balaban J connectivity index is 1.71. The molecule has 2 aromatic heterocycles. The fourth-order valence-electron chi connectivity index (χ4n) is 3.50. The second-order valence-electron chi connectivity index (χ2n) is 7.41. The highest BCUT2D eigenvalue weighted by Crippen LogP contribution is 2.34. The van der Waals surface area contributed by atoms with Crippen molar-refractivity contribution in [3.05, 3.63) is 40.2 Å². The summed E-state index contributed by atoms with van der Waals surface area (Å²) in [7, 11) is 0. The molecule has 3 heterocycles. The third-order valence-corrected chi connectivity index (χ3v) is 5.09. The van der Waals surface area contributed by atoms with Gasteiger partial charge in [-0.15, -0.1) is 0 Å². The zero-order valence-corrected chi connectivity index (χ0v) is 17.8. The van der Waals surface area contributed by atoms with Crippen molar-refractivity contribution in [2.45, 2.75) is 37.9 Å². The molecule has 7 N–H and O–H groups in total. The Labute approximate surface area is 187 Å². The normalized spacial score (nSPS) is 22.9. The van der Waals surface area contributed by atoms with Crippen molar-refractivity contribution in [2.75, 3.05) is 24.4 Å². The number of aliphatic hydroxyl groups excluding tert-OH is 3. The third-order valence-electron chi connectivity index (χ3n) is 5.09. The maximum atomic E-state index is 12.4. The molecule has 4 atom stereocenters. The molecule has 0 saturated carbocycles. The number of hydrogen-bond donors (Lipinski definition) is 6. The lowest BCUT2D eigenvalue weighted by Gasteiger charge is -2.18. The molecule has 1 aliphatic rings. The topological polar surface area (TPSA) is 193 Å². The number of imidazole rings is 1. The van der Waals surface area contributed by atoms with E-state index >= 15 is 0 Å². The van der Waals surface area contributed by atoms with Gasteiger partial charge < -0.3 is 30.5 Å². The van der Waals surface area contributed by atoms with Crippen molar-refractivity contribution < 1.29 is 24.8 Å². The van der Waals surface area contributed by atoms with Crippen LogP contribution in [0.25, 0.3) is 11.2 Å². The maximum Gasteiger partial charge on any atom is 0.280 e. The molecule has 0 radical (unpaired) electrons. The molecule has 1 saturated heterocycles. The van der Waals surface area contributed by atoms with E-state index in [1.54, 1.807) is 0 Å². The Kier molecular flexibility index (Phi) is 6.55. The first-order valence-corrected chi connectivity index (χ1v) is 10.4. The lowest BCUT2D eigenvalue weighted by Crippen LogP contribution is -2.33. The number of aliphatic hydroxyl groups is 3. The van der Waals surface area contributed by atoms with Crippen LogP contribution in [0.5, 0.6) is 5.75 Å². The monoisotopic (exact) mass is 459 g/mol. The van der Waals surface area contributed by atoms with Crippen molar-refractivity contribution in [3.63, 3.8) is 0 Å². The minimum atomic E-state index is -1.44. The lowest BCUT2D eigenvalue weighted by atomic mass is 10.1. The molecule has 176 valence electrons. The van der Waals surface area contributed by atoms with Gasteiger partial charge in [-0.2, -0.15) is 10.1 Å². The predicted molar refractivity (Wildman–Crippen MR) is 119 cm³/mol. The number of nitrogen functional groups attached to an aromatic ring is 1. The van der Waals surface area contributed by atoms with Gasteiger partial charge in [0.1, 0.15) is 24.1 Å². The number of ether oxygens (including phenoxy) is 2. The van der Waals surface area contributed by atoms with Gasteiger partial charge in [0.25, 0.3) is 5.56 Å². The second kappa shape index (κ2) is 9.54. The van der Waals surface area contributed by atoms with E-state index in [9.17, 15) is 20.1 Å². The summed E-state index contributed by atoms with van der Waals surface area (Å²) >= 11 is 0. The maximum absolute atomic E-state index is 12.4. The minimum absolute atomic E-state index is 0.00616. The number of para-hydroxylation sites is 1. The number of H-pyrrole nitrogens is 1. The number of nitrogens with two attached hydrogens (primary N) is 1. The molecule has 13 nitrogen and oxygen atoms in total. The number of aromatic nitrogens is 4. The summed E-state index contributed by atoms with van der Waals surface area (Å²) in [6.45, 7) is 2.03. The van der Waals surface area contributed by atoms with Gasteiger partial charge in [-0.1, -0.05) is 19.1 Å². The van der Waals surface area contributed by atoms with Crippen LogP contribution in [0.3, 0.4) is 0 Å². The van der Waals surface area contributed by atoms with E-state index < -0.39 is 36.7 Å². The average molecular weight is 459 g/mol. The second-order valence-corrected chi connectivity index (χ2v) is 7.41. The third kappa shape index (κ3) is 4.39. The SMILES string of the molecule is CCCOc1ccccc1/C=N\Nc1nc2c(=O)[nH]c(N)nc2n1[C@@H]1O[C@@H](CO)[C@@H](O)[C@H]1O. The van der Waals surface area contributed by atoms with Crippen LogP contribution >= 0.6 is 0 Å². The predicted octanol–water partition coefficient (Wildman–Crippen LogP) is -0.452. The van der Waals surface area contributed by atoms with Gasteiger partial charge in [0, 0.05) is 5.56 Å². The summed E-state index contributed by atoms with van der Waals surface area (Å²) in [5.41, 5.74) is 8.44. The number of fused-ring (bicyclic) bond motifs is 1. The van der Waals surface area contributed by atoms with E-state index in [1.807, 2.05) is 31.2 Å². The number of rotatable bonds is 8. The highest BCUT2D eigenvalue weighted by molar-refractivity contribution is 5.84. The largest absolute Gasteiger partial charge is 0.493 e. The van der Waals surface area contributed by atoms with Crippen LogP contribution in [0, 0.1) is 0 Å². The molecule has 0 unspecified atom stereocenters. The van der Waals surface area contributed by atoms with Crippen molar-refractivity contribution in [3.8, 4) is 5.75 Å². The number of hydrogen-bond acceptors (Lipinski definition) is 11. The molecule has 33 heavy (non-hydrogen) atoms. The first-order chi connectivity index (χ1) is 15.9. The molecule has 3 aromatic rings. The van der Waals surface area contributed by atoms with Gasteiger partial charge in [-0.3, -0.25) is 14.3 Å². The molecule has 1 aliphatic heterocycles. The van der Waals surface area contributed by atoms with Crippen molar-refractivity contribution >= 4 is 29.3 Å². The van der Waals surface area contributed by atoms with Crippen molar-refractivity contribution in [1.82, 2.24) is 19.5 Å². The van der Waals surface area contributed by atoms with E-state index in [0.29, 0.717) is 17.9 Å². The standard InChI is InChI=1S/C20H25N7O6/c1-2-7-32-11-6-4-3-5-10(11)8-22-26-20-23-13-16(24-19(21)25-17(13)31)27(20)18-15(30)14(29)12(9-28)33-18/h3-6,8,12,14-15,18,28-30H,2,7,9H2,1H3,(H,23,26)(H3,21,24,25,31)/b22-8-/t12-,14+,15+,18+/m0/s1. The van der Waals surface area contributed by atoms with Crippen LogP contribution in [-0.4, -0.2) is 72.6 Å². The van der Waals surface area contributed by atoms with Gasteiger partial charge in [-0.05, 0) is 18.6 Å². The number of benzene rings is 1. The molecular formula is C20H25N7O6. The molecule has 13 heteroatoms. The zero-order valence-electron chi connectivity index (χ0n) is 17.8. The van der Waals surface area contributed by atoms with Crippen molar-refractivity contribution in [1.29, 1.82) is 0 Å². The zero-order chi connectivity index (χ0) is 23.5. The van der Waals surface area contributed by atoms with Crippen LogP contribution in [0.1, 0.15) is 25.1 Å². The smallest absolute Gasteiger partial charge is 0.280 e. The van der Waals surface area contributed by atoms with E-state index in [1.165, 1.54) is 10.8 Å². The highest BCUT2D eigenvalue weighted by atomic mass is 16.6. The van der Waals surface area contributed by atoms with Crippen molar-refractivity contribution in [2.24, 2.45) is 5.10 Å². The number of nitrogens with zero attached hydrogens (tertiary/aromatic N) is 4. The fraction of sp³-hybridized carbons (Fsp3) is 0.400. The van der Waals surface area contributed by atoms with E-state index in [0.717, 1.165) is 6.42 Å². The summed E-state index contributed by atoms with van der Waals surface area (Å²) in [6, 6.07) is 7.32. The molecular weight excluding hydrogens is 434 g/mol. The van der Waals surface area contributed by atoms with E-state index in [4.69, 9.17) is 15.2 Å². The quantitative estimate of drug-likeness (QED) is 0.190. The molecule has 0 aliphatic carbocycles. The fourth-order valence-corrected chi connectivity index (χ4v) is 3.50. The Morgan fingerprint density at radius 2 is 2.12 bits per heavy atom. The summed E-state index contributed by atoms with van der Waals surface area (Å²) in [4.78, 5) is 23.0. The number of nitrogens with one attached hydrogen (secondary N) is 2. The molecule has 0 bridgehead atoms. The molecule has 4 rings (SSSR count). The number of aromatic amines is 1. The first kappa shape index (κ1) is 22.7. The Morgan fingerprint density at radius 3 is 2.85 bits per heavy atom. The molecule has 0 amide bonds. The summed E-state index contributed by atoms with van der Waals surface area (Å²) in [5.74, 6) is 0.483. The van der Waals surface area contributed by atoms with E-state index in [2.05, 4.69) is 25.5 Å². The lowest BCUT2D eigenvalue weighted by molar-refractivity contribution is -0.0501. The molecule has 0 spiro atoms. The first-order valence-electron chi connectivity index (χ1n) is 10.4. The molecule has 1 aromatic carbocycles. The Hall–Kier alpha value is -3.52. The Bertz CT molecular complexity index is 1210. The minimum Gasteiger partial charge on any atom is -0.493 e. The number of anilines is 2. The summed E-state index contributed by atoms with van der Waals surface area (Å²) in [6.07, 6.45) is -2.69. The summed E-state index contributed by atoms with van der Waals surface area (Å²) < 4.78 is 12.6. The van der Waals surface area contributed by atoms with Gasteiger partial charge >= 0.3 is 0 Å². The highest BCUT2D eigenvalue weighted by Gasteiger charge is 2.45. The van der Waals surface area contributed by atoms with Crippen LogP contribution in [0.15, 0.2) is 34.2 Å². The van der Waals surface area contributed by atoms with Gasteiger partial charge in [0.2, 0.25) is 11.9 Å². The van der Waals surface area contributed by atoms with E-state index in [-0.39, 0.29) is 23.1 Å². The van der Waals surface area contributed by atoms with Gasteiger partial charge in [0.05, 0.1) is 19.4 Å². The van der Waals surface area contributed by atoms with Crippen LogP contribution in [0.2, 0.25) is 0 Å². The van der Waals surface area contributed by atoms with Crippen LogP contribution in [-0.2, 0) is 4.74 Å². The number of hydrazone groups is 1. The average Bonchev–Trinajstić information content (AvgIpc) is 3.30. The van der Waals surface area contributed by atoms with Crippen LogP contribution in [0.4, 0.5) is 11.9 Å². The molecule has 1 fully saturated rings.